The highest BCUT2D eigenvalue weighted by atomic mass is 32.2. The van der Waals surface area contributed by atoms with Crippen molar-refractivity contribution in [1.82, 2.24) is 14.8 Å². The van der Waals surface area contributed by atoms with Gasteiger partial charge in [-0.05, 0) is 43.7 Å². The predicted molar refractivity (Wildman–Crippen MR) is 119 cm³/mol. The Bertz CT molecular complexity index is 1380. The Kier molecular flexibility index (Phi) is 5.28. The summed E-state index contributed by atoms with van der Waals surface area (Å²) < 4.78 is 40.9. The zero-order valence-corrected chi connectivity index (χ0v) is 18.4. The summed E-state index contributed by atoms with van der Waals surface area (Å²) in [5, 5.41) is 5.48. The minimum Gasteiger partial charge on any atom is -0.497 e. The van der Waals surface area contributed by atoms with E-state index >= 15 is 0 Å². The third-order valence-corrected chi connectivity index (χ3v) is 6.23. The molecule has 0 spiro atoms. The lowest BCUT2D eigenvalue weighted by Crippen LogP contribution is -2.17. The number of aromatic nitrogens is 3. The standard InChI is InChI=1S/C22H22N4O4S/c1-14-11-21(23-18-8-6-5-7-17(14)18)26-22(12-15(2)24-26)25-31(27,28)20-13-16(29-3)9-10-19(20)30-4/h5-13,25H,1-4H3. The summed E-state index contributed by atoms with van der Waals surface area (Å²) in [5.41, 5.74) is 2.45. The number of methoxy groups -OCH3 is 2. The lowest BCUT2D eigenvalue weighted by atomic mass is 10.1. The molecule has 0 saturated carbocycles. The van der Waals surface area contributed by atoms with Crippen LogP contribution in [-0.2, 0) is 10.0 Å². The summed E-state index contributed by atoms with van der Waals surface area (Å²) in [4.78, 5) is 4.63. The molecule has 2 aromatic heterocycles. The number of nitrogens with one attached hydrogen (secondary N) is 1. The van der Waals surface area contributed by atoms with Crippen LogP contribution in [0.1, 0.15) is 11.3 Å². The van der Waals surface area contributed by atoms with Crippen LogP contribution >= 0.6 is 0 Å². The number of anilines is 1. The zero-order chi connectivity index (χ0) is 22.2. The van der Waals surface area contributed by atoms with Crippen LogP contribution in [-0.4, -0.2) is 37.4 Å². The molecule has 0 aliphatic heterocycles. The smallest absolute Gasteiger partial charge is 0.266 e. The van der Waals surface area contributed by atoms with Crippen molar-refractivity contribution in [2.24, 2.45) is 0 Å². The van der Waals surface area contributed by atoms with E-state index in [1.807, 2.05) is 37.3 Å². The van der Waals surface area contributed by atoms with Gasteiger partial charge < -0.3 is 9.47 Å². The second-order valence-electron chi connectivity index (χ2n) is 7.02. The molecule has 2 heterocycles. The van der Waals surface area contributed by atoms with Crippen LogP contribution in [0, 0.1) is 13.8 Å². The summed E-state index contributed by atoms with van der Waals surface area (Å²) in [6.07, 6.45) is 0. The van der Waals surface area contributed by atoms with E-state index in [2.05, 4.69) is 14.8 Å². The minimum atomic E-state index is -4.00. The molecule has 1 N–H and O–H groups in total. The van der Waals surface area contributed by atoms with Crippen LogP contribution < -0.4 is 14.2 Å². The third kappa shape index (κ3) is 3.91. The quantitative estimate of drug-likeness (QED) is 0.491. The normalized spacial score (nSPS) is 11.5. The molecule has 0 fully saturated rings. The lowest BCUT2D eigenvalue weighted by Gasteiger charge is -2.14. The van der Waals surface area contributed by atoms with Gasteiger partial charge in [-0.15, -0.1) is 0 Å². The predicted octanol–water partition coefficient (Wildman–Crippen LogP) is 3.86. The van der Waals surface area contributed by atoms with Crippen molar-refractivity contribution < 1.29 is 17.9 Å². The Morgan fingerprint density at radius 3 is 2.48 bits per heavy atom. The molecule has 4 rings (SSSR count). The zero-order valence-electron chi connectivity index (χ0n) is 17.6. The number of para-hydroxylation sites is 1. The van der Waals surface area contributed by atoms with Gasteiger partial charge in [0.15, 0.2) is 5.82 Å². The Morgan fingerprint density at radius 1 is 0.968 bits per heavy atom. The van der Waals surface area contributed by atoms with Crippen molar-refractivity contribution in [3.8, 4) is 17.3 Å². The fraction of sp³-hybridized carbons (Fsp3) is 0.182. The monoisotopic (exact) mass is 438 g/mol. The highest BCUT2D eigenvalue weighted by molar-refractivity contribution is 7.92. The van der Waals surface area contributed by atoms with Crippen molar-refractivity contribution in [2.45, 2.75) is 18.7 Å². The number of fused-ring (bicyclic) bond motifs is 1. The molecule has 0 unspecified atom stereocenters. The molecular formula is C22H22N4O4S. The molecule has 0 saturated heterocycles. The maximum atomic E-state index is 13.2. The molecule has 0 bridgehead atoms. The summed E-state index contributed by atoms with van der Waals surface area (Å²) >= 11 is 0. The van der Waals surface area contributed by atoms with Gasteiger partial charge in [0.2, 0.25) is 0 Å². The average molecular weight is 439 g/mol. The molecule has 31 heavy (non-hydrogen) atoms. The Balaban J connectivity index is 1.80. The number of ether oxygens (including phenoxy) is 2. The third-order valence-electron chi connectivity index (χ3n) is 4.86. The van der Waals surface area contributed by atoms with E-state index in [-0.39, 0.29) is 16.5 Å². The second kappa shape index (κ2) is 7.92. The number of benzene rings is 2. The number of sulfonamides is 1. The van der Waals surface area contributed by atoms with E-state index in [0.717, 1.165) is 16.5 Å². The topological polar surface area (TPSA) is 95.3 Å². The van der Waals surface area contributed by atoms with Crippen LogP contribution in [0.5, 0.6) is 11.5 Å². The van der Waals surface area contributed by atoms with Gasteiger partial charge in [-0.1, -0.05) is 18.2 Å². The van der Waals surface area contributed by atoms with Gasteiger partial charge in [0.05, 0.1) is 25.4 Å². The largest absolute Gasteiger partial charge is 0.497 e. The van der Waals surface area contributed by atoms with Gasteiger partial charge in [-0.2, -0.15) is 9.78 Å². The van der Waals surface area contributed by atoms with Crippen molar-refractivity contribution in [3.05, 3.63) is 65.9 Å². The molecule has 0 amide bonds. The van der Waals surface area contributed by atoms with Gasteiger partial charge in [0.25, 0.3) is 10.0 Å². The molecule has 4 aromatic rings. The van der Waals surface area contributed by atoms with E-state index in [1.54, 1.807) is 25.1 Å². The van der Waals surface area contributed by atoms with Crippen molar-refractivity contribution in [2.75, 3.05) is 18.9 Å². The fourth-order valence-electron chi connectivity index (χ4n) is 3.37. The number of nitrogens with zero attached hydrogens (tertiary/aromatic N) is 3. The van der Waals surface area contributed by atoms with Crippen molar-refractivity contribution >= 4 is 26.7 Å². The van der Waals surface area contributed by atoms with Gasteiger partial charge in [-0.3, -0.25) is 4.72 Å². The first-order valence-corrected chi connectivity index (χ1v) is 11.0. The molecule has 0 radical (unpaired) electrons. The molecule has 160 valence electrons. The van der Waals surface area contributed by atoms with Crippen molar-refractivity contribution in [3.63, 3.8) is 0 Å². The van der Waals surface area contributed by atoms with Gasteiger partial charge in [0, 0.05) is 17.5 Å². The maximum Gasteiger partial charge on any atom is 0.266 e. The fourth-order valence-corrected chi connectivity index (χ4v) is 4.59. The average Bonchev–Trinajstić information content (AvgIpc) is 3.12. The maximum absolute atomic E-state index is 13.2. The van der Waals surface area contributed by atoms with Crippen LogP contribution in [0.15, 0.2) is 59.5 Å². The second-order valence-corrected chi connectivity index (χ2v) is 8.67. The van der Waals surface area contributed by atoms with Gasteiger partial charge in [0.1, 0.15) is 22.2 Å². The highest BCUT2D eigenvalue weighted by Gasteiger charge is 2.23. The van der Waals surface area contributed by atoms with Crippen molar-refractivity contribution in [1.29, 1.82) is 0 Å². The molecule has 0 aliphatic rings. The number of pyridine rings is 1. The highest BCUT2D eigenvalue weighted by Crippen LogP contribution is 2.30. The molecule has 9 heteroatoms. The van der Waals surface area contributed by atoms with E-state index in [4.69, 9.17) is 9.47 Å². The van der Waals surface area contributed by atoms with E-state index in [1.165, 1.54) is 25.0 Å². The summed E-state index contributed by atoms with van der Waals surface area (Å²) in [7, 11) is -1.12. The Labute approximate surface area is 180 Å². The molecular weight excluding hydrogens is 416 g/mol. The summed E-state index contributed by atoms with van der Waals surface area (Å²) in [6, 6.07) is 15.9. The van der Waals surface area contributed by atoms with Gasteiger partial charge in [-0.25, -0.2) is 13.4 Å². The number of hydrogen-bond donors (Lipinski definition) is 1. The summed E-state index contributed by atoms with van der Waals surface area (Å²) in [6.45, 7) is 3.77. The molecule has 8 nitrogen and oxygen atoms in total. The summed E-state index contributed by atoms with van der Waals surface area (Å²) in [5.74, 6) is 1.39. The SMILES string of the molecule is COc1ccc(OC)c(S(=O)(=O)Nc2cc(C)nn2-c2cc(C)c3ccccc3n2)c1. The van der Waals surface area contributed by atoms with Crippen LogP contribution in [0.3, 0.4) is 0 Å². The molecule has 0 aliphatic carbocycles. The van der Waals surface area contributed by atoms with E-state index in [0.29, 0.717) is 17.3 Å². The lowest BCUT2D eigenvalue weighted by molar-refractivity contribution is 0.392. The molecule has 2 aromatic carbocycles. The van der Waals surface area contributed by atoms with Crippen LogP contribution in [0.25, 0.3) is 16.7 Å². The van der Waals surface area contributed by atoms with Crippen LogP contribution in [0.4, 0.5) is 5.82 Å². The first kappa shape index (κ1) is 20.7. The number of rotatable bonds is 6. The Hall–Kier alpha value is -3.59. The Morgan fingerprint density at radius 2 is 1.74 bits per heavy atom. The minimum absolute atomic E-state index is 0.0394. The van der Waals surface area contributed by atoms with Gasteiger partial charge >= 0.3 is 0 Å². The first-order valence-electron chi connectivity index (χ1n) is 9.50. The van der Waals surface area contributed by atoms with E-state index < -0.39 is 10.0 Å². The number of hydrogen-bond acceptors (Lipinski definition) is 6. The first-order chi connectivity index (χ1) is 14.8. The van der Waals surface area contributed by atoms with Crippen LogP contribution in [0.2, 0.25) is 0 Å². The molecule has 0 atom stereocenters. The van der Waals surface area contributed by atoms with E-state index in [9.17, 15) is 8.42 Å². The number of aryl methyl sites for hydroxylation is 2.